The summed E-state index contributed by atoms with van der Waals surface area (Å²) in [6.45, 7) is 7.02. The van der Waals surface area contributed by atoms with E-state index in [2.05, 4.69) is 55.2 Å². The first-order chi connectivity index (χ1) is 12.1. The Morgan fingerprint density at radius 3 is 2.31 bits per heavy atom. The maximum Gasteiger partial charge on any atom is 0.0406 e. The van der Waals surface area contributed by atoms with Gasteiger partial charge in [0, 0.05) is 17.3 Å². The second kappa shape index (κ2) is 11.6. The molecule has 0 aromatic heterocycles. The highest BCUT2D eigenvalue weighted by Crippen LogP contribution is 2.16. The Hall–Kier alpha value is -2.03. The van der Waals surface area contributed by atoms with Crippen LogP contribution >= 0.6 is 11.6 Å². The summed E-state index contributed by atoms with van der Waals surface area (Å²) < 4.78 is 0. The van der Waals surface area contributed by atoms with Crippen molar-refractivity contribution < 1.29 is 0 Å². The second-order valence-corrected chi connectivity index (χ2v) is 6.75. The van der Waals surface area contributed by atoms with Crippen molar-refractivity contribution in [2.45, 2.75) is 39.7 Å². The number of aryl methyl sites for hydroxylation is 1. The summed E-state index contributed by atoms with van der Waals surface area (Å²) in [4.78, 5) is 0. The summed E-state index contributed by atoms with van der Waals surface area (Å²) in [6.07, 6.45) is 6.57. The monoisotopic (exact) mass is 370 g/mol. The maximum atomic E-state index is 5.91. The van der Waals surface area contributed by atoms with Gasteiger partial charge in [-0.1, -0.05) is 68.1 Å². The van der Waals surface area contributed by atoms with E-state index in [1.807, 2.05) is 12.1 Å². The Bertz CT molecular complexity index is 687. The second-order valence-electron chi connectivity index (χ2n) is 6.31. The zero-order valence-corrected chi connectivity index (χ0v) is 15.6. The topological polar surface area (TPSA) is 38.0 Å². The number of benzene rings is 2. The highest BCUT2D eigenvalue weighted by atomic mass is 35.5. The normalized spacial score (nSPS) is 12.3. The molecule has 1 atom stereocenters. The van der Waals surface area contributed by atoms with Crippen LogP contribution in [0.15, 0.2) is 67.4 Å². The molecule has 0 radical (unpaired) electrons. The third-order valence-corrected chi connectivity index (χ3v) is 4.53. The molecule has 0 amide bonds. The van der Waals surface area contributed by atoms with Gasteiger partial charge in [0.25, 0.3) is 0 Å². The minimum absolute atomic E-state index is 0. The summed E-state index contributed by atoms with van der Waals surface area (Å²) in [7, 11) is 0. The predicted octanol–water partition coefficient (Wildman–Crippen LogP) is 5.62. The molecule has 0 bridgehead atoms. The highest BCUT2D eigenvalue weighted by molar-refractivity contribution is 6.30. The zero-order valence-electron chi connectivity index (χ0n) is 14.8. The van der Waals surface area contributed by atoms with E-state index in [4.69, 9.17) is 17.3 Å². The van der Waals surface area contributed by atoms with Crippen molar-refractivity contribution in [2.24, 2.45) is 5.73 Å². The molecule has 0 aliphatic rings. The van der Waals surface area contributed by atoms with Gasteiger partial charge in [-0.15, -0.1) is 0 Å². The van der Waals surface area contributed by atoms with Gasteiger partial charge in [0.1, 0.15) is 0 Å². The van der Waals surface area contributed by atoms with Crippen LogP contribution in [0.25, 0.3) is 5.57 Å². The first-order valence-corrected chi connectivity index (χ1v) is 9.11. The van der Waals surface area contributed by atoms with Crippen LogP contribution in [0.2, 0.25) is 5.02 Å². The quantitative estimate of drug-likeness (QED) is 0.444. The van der Waals surface area contributed by atoms with Gasteiger partial charge in [0.15, 0.2) is 0 Å². The number of hydrogen-bond acceptors (Lipinski definition) is 2. The van der Waals surface area contributed by atoms with Gasteiger partial charge in [-0.2, -0.15) is 0 Å². The standard InChI is InChI=1S/C22H27ClN2.CH4/c1-3-20(16-24)21-10-6-19(7-11-21)15-17(2)25-14-4-5-18-8-12-22(23)13-9-18;/h3,6-13,16-17,25H,1,4-5,14-15,24H2,2H3;1H4/b20-16+;. The summed E-state index contributed by atoms with van der Waals surface area (Å²) in [5.41, 5.74) is 10.3. The van der Waals surface area contributed by atoms with Gasteiger partial charge < -0.3 is 11.1 Å². The Morgan fingerprint density at radius 1 is 1.12 bits per heavy atom. The number of rotatable bonds is 9. The van der Waals surface area contributed by atoms with Crippen molar-refractivity contribution in [3.05, 3.63) is 89.1 Å². The molecule has 3 N–H and O–H groups in total. The SMILES string of the molecule is C.C=C/C(=C\N)c1ccc(CC(C)NCCCc2ccc(Cl)cc2)cc1. The summed E-state index contributed by atoms with van der Waals surface area (Å²) in [5.74, 6) is 0. The molecule has 0 saturated carbocycles. The maximum absolute atomic E-state index is 5.91. The molecule has 26 heavy (non-hydrogen) atoms. The van der Waals surface area contributed by atoms with Crippen molar-refractivity contribution >= 4 is 17.2 Å². The lowest BCUT2D eigenvalue weighted by Crippen LogP contribution is -2.29. The van der Waals surface area contributed by atoms with Crippen LogP contribution in [0.1, 0.15) is 37.5 Å². The third kappa shape index (κ3) is 7.07. The predicted molar refractivity (Wildman–Crippen MR) is 116 cm³/mol. The lowest BCUT2D eigenvalue weighted by Gasteiger charge is -2.14. The average molecular weight is 371 g/mol. The number of allylic oxidation sites excluding steroid dienone is 2. The zero-order chi connectivity index (χ0) is 18.1. The molecule has 2 rings (SSSR count). The minimum Gasteiger partial charge on any atom is -0.404 e. The minimum atomic E-state index is 0. The third-order valence-electron chi connectivity index (χ3n) is 4.28. The Balaban J connectivity index is 0.00000338. The van der Waals surface area contributed by atoms with Gasteiger partial charge in [0.2, 0.25) is 0 Å². The molecular formula is C23H31ClN2. The van der Waals surface area contributed by atoms with Gasteiger partial charge >= 0.3 is 0 Å². The van der Waals surface area contributed by atoms with Crippen LogP contribution < -0.4 is 11.1 Å². The van der Waals surface area contributed by atoms with E-state index in [0.717, 1.165) is 42.0 Å². The van der Waals surface area contributed by atoms with Crippen molar-refractivity contribution in [1.82, 2.24) is 5.32 Å². The van der Waals surface area contributed by atoms with E-state index in [1.54, 1.807) is 12.3 Å². The number of nitrogens with two attached hydrogens (primary N) is 1. The van der Waals surface area contributed by atoms with Crippen LogP contribution in [0.5, 0.6) is 0 Å². The van der Waals surface area contributed by atoms with Crippen LogP contribution in [-0.4, -0.2) is 12.6 Å². The molecule has 2 nitrogen and oxygen atoms in total. The van der Waals surface area contributed by atoms with Gasteiger partial charge in [-0.3, -0.25) is 0 Å². The molecule has 3 heteroatoms. The fourth-order valence-electron chi connectivity index (χ4n) is 2.83. The average Bonchev–Trinajstić information content (AvgIpc) is 2.63. The van der Waals surface area contributed by atoms with E-state index in [0.29, 0.717) is 6.04 Å². The van der Waals surface area contributed by atoms with Crippen LogP contribution in [0, 0.1) is 0 Å². The van der Waals surface area contributed by atoms with E-state index in [-0.39, 0.29) is 7.43 Å². The van der Waals surface area contributed by atoms with Crippen LogP contribution in [-0.2, 0) is 12.8 Å². The first-order valence-electron chi connectivity index (χ1n) is 8.74. The Kier molecular flexibility index (Phi) is 9.79. The first kappa shape index (κ1) is 22.0. The molecular weight excluding hydrogens is 340 g/mol. The lowest BCUT2D eigenvalue weighted by molar-refractivity contribution is 0.534. The van der Waals surface area contributed by atoms with E-state index >= 15 is 0 Å². The molecule has 0 aliphatic heterocycles. The molecule has 140 valence electrons. The lowest BCUT2D eigenvalue weighted by atomic mass is 10.0. The van der Waals surface area contributed by atoms with Crippen molar-refractivity contribution in [3.63, 3.8) is 0 Å². The van der Waals surface area contributed by atoms with Gasteiger partial charge in [-0.25, -0.2) is 0 Å². The molecule has 0 aliphatic carbocycles. The van der Waals surface area contributed by atoms with Crippen molar-refractivity contribution in [1.29, 1.82) is 0 Å². The summed E-state index contributed by atoms with van der Waals surface area (Å²) in [5, 5.41) is 4.39. The fraction of sp³-hybridized carbons (Fsp3) is 0.304. The van der Waals surface area contributed by atoms with E-state index < -0.39 is 0 Å². The number of hydrogen-bond donors (Lipinski definition) is 2. The van der Waals surface area contributed by atoms with Crippen LogP contribution in [0.4, 0.5) is 0 Å². The molecule has 2 aromatic rings. The number of halogens is 1. The molecule has 0 spiro atoms. The van der Waals surface area contributed by atoms with Crippen LogP contribution in [0.3, 0.4) is 0 Å². The fourth-order valence-corrected chi connectivity index (χ4v) is 2.96. The highest BCUT2D eigenvalue weighted by Gasteiger charge is 2.04. The Morgan fingerprint density at radius 2 is 1.73 bits per heavy atom. The number of nitrogens with one attached hydrogen (secondary N) is 1. The summed E-state index contributed by atoms with van der Waals surface area (Å²) in [6, 6.07) is 17.1. The van der Waals surface area contributed by atoms with Crippen molar-refractivity contribution in [3.8, 4) is 0 Å². The van der Waals surface area contributed by atoms with Crippen molar-refractivity contribution in [2.75, 3.05) is 6.54 Å². The van der Waals surface area contributed by atoms with E-state index in [1.165, 1.54) is 11.1 Å². The molecule has 1 unspecified atom stereocenters. The van der Waals surface area contributed by atoms with Gasteiger partial charge in [-0.05, 0) is 67.1 Å². The smallest absolute Gasteiger partial charge is 0.0406 e. The largest absolute Gasteiger partial charge is 0.404 e. The molecule has 2 aromatic carbocycles. The summed E-state index contributed by atoms with van der Waals surface area (Å²) >= 11 is 5.91. The van der Waals surface area contributed by atoms with Gasteiger partial charge in [0.05, 0.1) is 0 Å². The molecule has 0 heterocycles. The Labute approximate surface area is 163 Å². The molecule has 0 saturated heterocycles. The van der Waals surface area contributed by atoms with E-state index in [9.17, 15) is 0 Å². The molecule has 0 fully saturated rings.